The number of piperidine rings is 1. The van der Waals surface area contributed by atoms with Gasteiger partial charge in [0.2, 0.25) is 15.9 Å². The lowest BCUT2D eigenvalue weighted by Gasteiger charge is -2.30. The van der Waals surface area contributed by atoms with Gasteiger partial charge in [-0.2, -0.15) is 0 Å². The summed E-state index contributed by atoms with van der Waals surface area (Å²) >= 11 is 0. The Balaban J connectivity index is 1.78. The standard InChI is InChI=1S/C11H18N2O5S/c1-19(17,18)13-4-2-7(3-5-13)12-10(14)8-6-9(8)11(15)16/h7-9H,2-6H2,1H3,(H,12,14)(H,15,16). The second-order valence-corrected chi connectivity index (χ2v) is 7.21. The highest BCUT2D eigenvalue weighted by atomic mass is 32.2. The summed E-state index contributed by atoms with van der Waals surface area (Å²) in [6.07, 6.45) is 2.73. The van der Waals surface area contributed by atoms with Crippen LogP contribution in [0.2, 0.25) is 0 Å². The van der Waals surface area contributed by atoms with Crippen LogP contribution in [0.1, 0.15) is 19.3 Å². The molecular weight excluding hydrogens is 272 g/mol. The van der Waals surface area contributed by atoms with E-state index in [-0.39, 0.29) is 11.9 Å². The summed E-state index contributed by atoms with van der Waals surface area (Å²) in [5.74, 6) is -2.10. The Morgan fingerprint density at radius 3 is 2.21 bits per heavy atom. The largest absolute Gasteiger partial charge is 0.481 e. The van der Waals surface area contributed by atoms with Crippen LogP contribution in [0.4, 0.5) is 0 Å². The minimum absolute atomic E-state index is 0.0551. The van der Waals surface area contributed by atoms with Crippen molar-refractivity contribution in [3.8, 4) is 0 Å². The van der Waals surface area contributed by atoms with E-state index in [1.807, 2.05) is 0 Å². The monoisotopic (exact) mass is 290 g/mol. The van der Waals surface area contributed by atoms with E-state index in [0.29, 0.717) is 32.4 Å². The van der Waals surface area contributed by atoms with E-state index in [1.165, 1.54) is 10.6 Å². The number of nitrogens with zero attached hydrogens (tertiary/aromatic N) is 1. The van der Waals surface area contributed by atoms with Crippen molar-refractivity contribution in [2.75, 3.05) is 19.3 Å². The zero-order chi connectivity index (χ0) is 14.2. The Morgan fingerprint density at radius 1 is 1.21 bits per heavy atom. The van der Waals surface area contributed by atoms with Crippen molar-refractivity contribution >= 4 is 21.9 Å². The van der Waals surface area contributed by atoms with E-state index in [0.717, 1.165) is 0 Å². The number of sulfonamides is 1. The molecule has 7 nitrogen and oxygen atoms in total. The Kier molecular flexibility index (Phi) is 3.82. The van der Waals surface area contributed by atoms with Crippen LogP contribution < -0.4 is 5.32 Å². The van der Waals surface area contributed by atoms with Crippen LogP contribution in [0.5, 0.6) is 0 Å². The molecule has 0 aromatic carbocycles. The normalized spacial score (nSPS) is 28.9. The number of carbonyl (C=O) groups excluding carboxylic acids is 1. The number of carbonyl (C=O) groups is 2. The summed E-state index contributed by atoms with van der Waals surface area (Å²) < 4.78 is 24.0. The molecule has 1 aliphatic heterocycles. The van der Waals surface area contributed by atoms with E-state index in [9.17, 15) is 18.0 Å². The maximum Gasteiger partial charge on any atom is 0.307 e. The van der Waals surface area contributed by atoms with Gasteiger partial charge in [0.1, 0.15) is 0 Å². The average Bonchev–Trinajstić information content (AvgIpc) is 3.08. The van der Waals surface area contributed by atoms with Crippen LogP contribution in [0.25, 0.3) is 0 Å². The second kappa shape index (κ2) is 5.09. The molecule has 0 spiro atoms. The van der Waals surface area contributed by atoms with Gasteiger partial charge in [0, 0.05) is 19.1 Å². The van der Waals surface area contributed by atoms with Gasteiger partial charge in [-0.05, 0) is 19.3 Å². The highest BCUT2D eigenvalue weighted by Gasteiger charge is 2.48. The molecule has 8 heteroatoms. The number of rotatable bonds is 4. The lowest BCUT2D eigenvalue weighted by molar-refractivity contribution is -0.140. The first-order valence-electron chi connectivity index (χ1n) is 6.27. The topological polar surface area (TPSA) is 104 Å². The van der Waals surface area contributed by atoms with Gasteiger partial charge in [0.25, 0.3) is 0 Å². The van der Waals surface area contributed by atoms with Gasteiger partial charge in [-0.1, -0.05) is 0 Å². The first-order valence-corrected chi connectivity index (χ1v) is 8.12. The van der Waals surface area contributed by atoms with Crippen molar-refractivity contribution < 1.29 is 23.1 Å². The summed E-state index contributed by atoms with van der Waals surface area (Å²) in [6, 6.07) is -0.0551. The molecule has 1 saturated carbocycles. The van der Waals surface area contributed by atoms with Crippen LogP contribution in [-0.2, 0) is 19.6 Å². The predicted molar refractivity (Wildman–Crippen MR) is 66.8 cm³/mol. The van der Waals surface area contributed by atoms with Gasteiger partial charge in [0.05, 0.1) is 18.1 Å². The van der Waals surface area contributed by atoms with E-state index >= 15 is 0 Å². The van der Waals surface area contributed by atoms with Crippen molar-refractivity contribution in [1.82, 2.24) is 9.62 Å². The third-order valence-corrected chi connectivity index (χ3v) is 5.02. The Hall–Kier alpha value is -1.15. The lowest BCUT2D eigenvalue weighted by Crippen LogP contribution is -2.46. The minimum atomic E-state index is -3.16. The number of carboxylic acid groups (broad SMARTS) is 1. The van der Waals surface area contributed by atoms with Crippen LogP contribution in [-0.4, -0.2) is 55.1 Å². The Morgan fingerprint density at radius 2 is 1.79 bits per heavy atom. The number of amides is 1. The molecule has 108 valence electrons. The molecule has 1 saturated heterocycles. The van der Waals surface area contributed by atoms with Gasteiger partial charge in [-0.3, -0.25) is 9.59 Å². The number of hydrogen-bond acceptors (Lipinski definition) is 4. The summed E-state index contributed by atoms with van der Waals surface area (Å²) in [5.41, 5.74) is 0. The number of aliphatic carboxylic acids is 1. The highest BCUT2D eigenvalue weighted by molar-refractivity contribution is 7.88. The van der Waals surface area contributed by atoms with Gasteiger partial charge < -0.3 is 10.4 Å². The van der Waals surface area contributed by atoms with E-state index in [2.05, 4.69) is 5.32 Å². The second-order valence-electron chi connectivity index (χ2n) is 5.23. The molecule has 19 heavy (non-hydrogen) atoms. The molecule has 2 unspecified atom stereocenters. The van der Waals surface area contributed by atoms with Gasteiger partial charge in [-0.15, -0.1) is 0 Å². The molecule has 1 amide bonds. The average molecular weight is 290 g/mol. The van der Waals surface area contributed by atoms with Gasteiger partial charge >= 0.3 is 5.97 Å². The molecular formula is C11H18N2O5S. The van der Waals surface area contributed by atoms with Crippen molar-refractivity contribution in [2.24, 2.45) is 11.8 Å². The molecule has 1 heterocycles. The van der Waals surface area contributed by atoms with Gasteiger partial charge in [0.15, 0.2) is 0 Å². The quantitative estimate of drug-likeness (QED) is 0.709. The molecule has 2 N–H and O–H groups in total. The zero-order valence-corrected chi connectivity index (χ0v) is 11.5. The number of carboxylic acids is 1. The SMILES string of the molecule is CS(=O)(=O)N1CCC(NC(=O)C2CC2C(=O)O)CC1. The molecule has 0 bridgehead atoms. The van der Waals surface area contributed by atoms with Crippen LogP contribution >= 0.6 is 0 Å². The van der Waals surface area contributed by atoms with Crippen LogP contribution in [0, 0.1) is 11.8 Å². The fourth-order valence-corrected chi connectivity index (χ4v) is 3.27. The smallest absolute Gasteiger partial charge is 0.307 e. The molecule has 0 aromatic rings. The van der Waals surface area contributed by atoms with Crippen molar-refractivity contribution in [3.05, 3.63) is 0 Å². The Bertz CT molecular complexity index is 481. The van der Waals surface area contributed by atoms with Crippen LogP contribution in [0.15, 0.2) is 0 Å². The van der Waals surface area contributed by atoms with Crippen LogP contribution in [0.3, 0.4) is 0 Å². The molecule has 0 radical (unpaired) electrons. The third kappa shape index (κ3) is 3.44. The van der Waals surface area contributed by atoms with Gasteiger partial charge in [-0.25, -0.2) is 12.7 Å². The molecule has 2 fully saturated rings. The number of nitrogens with one attached hydrogen (secondary N) is 1. The van der Waals surface area contributed by atoms with Crippen molar-refractivity contribution in [3.63, 3.8) is 0 Å². The predicted octanol–water partition coefficient (Wildman–Crippen LogP) is -0.753. The Labute approximate surface area is 112 Å². The van der Waals surface area contributed by atoms with E-state index in [1.54, 1.807) is 0 Å². The fourth-order valence-electron chi connectivity index (χ4n) is 2.40. The first-order chi connectivity index (χ1) is 8.79. The van der Waals surface area contributed by atoms with E-state index in [4.69, 9.17) is 5.11 Å². The maximum absolute atomic E-state index is 11.8. The maximum atomic E-state index is 11.8. The molecule has 1 aliphatic carbocycles. The molecule has 2 rings (SSSR count). The summed E-state index contributed by atoms with van der Waals surface area (Å²) in [4.78, 5) is 22.4. The molecule has 0 aromatic heterocycles. The summed E-state index contributed by atoms with van der Waals surface area (Å²) in [7, 11) is -3.16. The lowest BCUT2D eigenvalue weighted by atomic mass is 10.1. The molecule has 2 atom stereocenters. The van der Waals surface area contributed by atoms with Crippen molar-refractivity contribution in [2.45, 2.75) is 25.3 Å². The number of hydrogen-bond donors (Lipinski definition) is 2. The zero-order valence-electron chi connectivity index (χ0n) is 10.7. The summed E-state index contributed by atoms with van der Waals surface area (Å²) in [6.45, 7) is 0.799. The fraction of sp³-hybridized carbons (Fsp3) is 0.818. The minimum Gasteiger partial charge on any atom is -0.481 e. The first kappa shape index (κ1) is 14.3. The van der Waals surface area contributed by atoms with E-state index < -0.39 is 27.8 Å². The van der Waals surface area contributed by atoms with Crippen molar-refractivity contribution in [1.29, 1.82) is 0 Å². The molecule has 2 aliphatic rings. The summed E-state index contributed by atoms with van der Waals surface area (Å²) in [5, 5.41) is 11.6. The third-order valence-electron chi connectivity index (χ3n) is 3.71. The highest BCUT2D eigenvalue weighted by Crippen LogP contribution is 2.38.